The van der Waals surface area contributed by atoms with Gasteiger partial charge in [-0.05, 0) is 49.9 Å². The molecule has 0 saturated heterocycles. The molecule has 0 fully saturated rings. The van der Waals surface area contributed by atoms with Crippen molar-refractivity contribution < 1.29 is 13.9 Å². The maximum absolute atomic E-state index is 12.1. The number of aromatic nitrogens is 1. The number of ether oxygens (including phenoxy) is 1. The van der Waals surface area contributed by atoms with Crippen LogP contribution in [0.25, 0.3) is 10.6 Å². The lowest BCUT2D eigenvalue weighted by molar-refractivity contribution is 0.0632. The van der Waals surface area contributed by atoms with Gasteiger partial charge in [0.1, 0.15) is 11.3 Å². The molecule has 0 unspecified atom stereocenters. The molecule has 2 aromatic heterocycles. The third-order valence-corrected chi connectivity index (χ3v) is 4.44. The van der Waals surface area contributed by atoms with Gasteiger partial charge in [0.05, 0.1) is 4.88 Å². The highest BCUT2D eigenvalue weighted by atomic mass is 35.5. The van der Waals surface area contributed by atoms with Gasteiger partial charge < -0.3 is 9.15 Å². The predicted octanol–water partition coefficient (Wildman–Crippen LogP) is 5.99. The summed E-state index contributed by atoms with van der Waals surface area (Å²) in [4.78, 5) is 17.6. The molecule has 3 rings (SSSR count). The molecule has 7 heteroatoms. The van der Waals surface area contributed by atoms with Gasteiger partial charge in [-0.1, -0.05) is 29.8 Å². The minimum absolute atomic E-state index is 0.283. The summed E-state index contributed by atoms with van der Waals surface area (Å²) in [7, 11) is 0. The van der Waals surface area contributed by atoms with Crippen molar-refractivity contribution in [2.24, 2.45) is 0 Å². The Morgan fingerprint density at radius 1 is 1.27 bits per heavy atom. The van der Waals surface area contributed by atoms with E-state index in [1.807, 2.05) is 41.8 Å². The second kappa shape index (κ2) is 7.51. The first-order valence-electron chi connectivity index (χ1n) is 8.08. The van der Waals surface area contributed by atoms with Gasteiger partial charge in [-0.3, -0.25) is 5.32 Å². The molecular formula is C19H19ClN2O3S. The summed E-state index contributed by atoms with van der Waals surface area (Å²) in [5.41, 5.74) is 1.01. The van der Waals surface area contributed by atoms with E-state index in [0.29, 0.717) is 23.0 Å². The van der Waals surface area contributed by atoms with Crippen LogP contribution in [-0.4, -0.2) is 16.7 Å². The third kappa shape index (κ3) is 4.86. The van der Waals surface area contributed by atoms with E-state index < -0.39 is 11.7 Å². The van der Waals surface area contributed by atoms with Gasteiger partial charge in [0.15, 0.2) is 0 Å². The Hall–Kier alpha value is -2.31. The van der Waals surface area contributed by atoms with Crippen molar-refractivity contribution in [3.05, 3.63) is 58.3 Å². The second-order valence-electron chi connectivity index (χ2n) is 6.69. The number of carbonyl (C=O) groups excluding carboxylic acids is 1. The van der Waals surface area contributed by atoms with Crippen molar-refractivity contribution in [3.63, 3.8) is 0 Å². The molecule has 0 aliphatic heterocycles. The second-order valence-corrected chi connectivity index (χ2v) is 8.08. The largest absolute Gasteiger partial charge is 0.444 e. The molecule has 0 bridgehead atoms. The molecule has 0 radical (unpaired) electrons. The first kappa shape index (κ1) is 18.5. The van der Waals surface area contributed by atoms with E-state index in [-0.39, 0.29) is 5.88 Å². The fourth-order valence-corrected chi connectivity index (χ4v) is 3.12. The molecule has 0 aliphatic rings. The van der Waals surface area contributed by atoms with Crippen molar-refractivity contribution in [1.82, 2.24) is 4.98 Å². The highest BCUT2D eigenvalue weighted by Crippen LogP contribution is 2.33. The molecule has 0 atom stereocenters. The number of hydrogen-bond donors (Lipinski definition) is 1. The minimum atomic E-state index is -0.598. The molecular weight excluding hydrogens is 372 g/mol. The van der Waals surface area contributed by atoms with Crippen LogP contribution in [0, 0.1) is 0 Å². The van der Waals surface area contributed by atoms with Crippen LogP contribution in [0.3, 0.4) is 0 Å². The van der Waals surface area contributed by atoms with Gasteiger partial charge in [-0.2, -0.15) is 0 Å². The van der Waals surface area contributed by atoms with Crippen LogP contribution in [0.2, 0.25) is 5.02 Å². The molecule has 0 saturated carbocycles. The normalized spacial score (nSPS) is 11.4. The Morgan fingerprint density at radius 3 is 2.62 bits per heavy atom. The summed E-state index contributed by atoms with van der Waals surface area (Å²) in [6, 6.07) is 11.3. The molecule has 0 spiro atoms. The van der Waals surface area contributed by atoms with E-state index in [9.17, 15) is 4.79 Å². The number of rotatable bonds is 4. The fraction of sp³-hybridized carbons (Fsp3) is 0.263. The number of anilines is 1. The number of amides is 1. The van der Waals surface area contributed by atoms with E-state index in [1.54, 1.807) is 20.8 Å². The van der Waals surface area contributed by atoms with Crippen molar-refractivity contribution >= 4 is 34.9 Å². The molecule has 136 valence electrons. The van der Waals surface area contributed by atoms with Crippen molar-refractivity contribution in [2.75, 3.05) is 5.32 Å². The van der Waals surface area contributed by atoms with E-state index >= 15 is 0 Å². The van der Waals surface area contributed by atoms with Crippen LogP contribution in [-0.2, 0) is 11.2 Å². The van der Waals surface area contributed by atoms with Crippen molar-refractivity contribution in [3.8, 4) is 10.6 Å². The predicted molar refractivity (Wildman–Crippen MR) is 104 cm³/mol. The summed E-state index contributed by atoms with van der Waals surface area (Å²) in [5, 5.41) is 5.28. The van der Waals surface area contributed by atoms with Crippen molar-refractivity contribution in [1.29, 1.82) is 0 Å². The van der Waals surface area contributed by atoms with Crippen LogP contribution in [0.1, 0.15) is 32.2 Å². The Labute approximate surface area is 161 Å². The Morgan fingerprint density at radius 2 is 2.00 bits per heavy atom. The Kier molecular flexibility index (Phi) is 5.34. The van der Waals surface area contributed by atoms with E-state index in [1.165, 1.54) is 11.3 Å². The number of benzene rings is 1. The lowest BCUT2D eigenvalue weighted by Gasteiger charge is -2.19. The number of oxazole rings is 1. The zero-order valence-electron chi connectivity index (χ0n) is 14.7. The van der Waals surface area contributed by atoms with Crippen LogP contribution in [0.5, 0.6) is 0 Å². The van der Waals surface area contributed by atoms with Gasteiger partial charge >= 0.3 is 6.09 Å². The summed E-state index contributed by atoms with van der Waals surface area (Å²) in [5.74, 6) is 0.785. The van der Waals surface area contributed by atoms with Gasteiger partial charge in [-0.25, -0.2) is 9.78 Å². The number of halogens is 1. The van der Waals surface area contributed by atoms with Gasteiger partial charge in [0.25, 0.3) is 0 Å². The maximum Gasteiger partial charge on any atom is 0.414 e. The summed E-state index contributed by atoms with van der Waals surface area (Å²) < 4.78 is 11.1. The summed E-state index contributed by atoms with van der Waals surface area (Å²) in [6.07, 6.45) is -0.0876. The molecule has 0 aliphatic carbocycles. The first-order chi connectivity index (χ1) is 12.3. The molecule has 26 heavy (non-hydrogen) atoms. The molecule has 1 aromatic carbocycles. The number of thiophene rings is 1. The van der Waals surface area contributed by atoms with E-state index in [2.05, 4.69) is 10.3 Å². The smallest absolute Gasteiger partial charge is 0.414 e. The standard InChI is InChI=1S/C19H19ClN2O3S/c1-19(2,3)25-18(23)22-17-16(14-5-4-10-26-14)21-15(24-17)11-12-6-8-13(20)9-7-12/h4-10H,11H2,1-3H3,(H,22,23). The Bertz CT molecular complexity index is 881. The van der Waals surface area contributed by atoms with E-state index in [4.69, 9.17) is 20.8 Å². The molecule has 5 nitrogen and oxygen atoms in total. The zero-order valence-corrected chi connectivity index (χ0v) is 16.3. The molecule has 1 N–H and O–H groups in total. The van der Waals surface area contributed by atoms with Gasteiger partial charge in [0.2, 0.25) is 11.8 Å². The van der Waals surface area contributed by atoms with Crippen LogP contribution in [0.4, 0.5) is 10.7 Å². The SMILES string of the molecule is CC(C)(C)OC(=O)Nc1oc(Cc2ccc(Cl)cc2)nc1-c1cccs1. The van der Waals surface area contributed by atoms with Gasteiger partial charge in [0, 0.05) is 11.4 Å². The van der Waals surface area contributed by atoms with Crippen LogP contribution in [0.15, 0.2) is 46.2 Å². The first-order valence-corrected chi connectivity index (χ1v) is 9.34. The fourth-order valence-electron chi connectivity index (χ4n) is 2.28. The number of hydrogen-bond acceptors (Lipinski definition) is 5. The third-order valence-electron chi connectivity index (χ3n) is 3.31. The average Bonchev–Trinajstić information content (AvgIpc) is 3.17. The quantitative estimate of drug-likeness (QED) is 0.593. The van der Waals surface area contributed by atoms with Gasteiger partial charge in [-0.15, -0.1) is 11.3 Å². The topological polar surface area (TPSA) is 64.4 Å². The maximum atomic E-state index is 12.1. The highest BCUT2D eigenvalue weighted by Gasteiger charge is 2.22. The highest BCUT2D eigenvalue weighted by molar-refractivity contribution is 7.13. The zero-order chi connectivity index (χ0) is 18.7. The summed E-state index contributed by atoms with van der Waals surface area (Å²) in [6.45, 7) is 5.41. The van der Waals surface area contributed by atoms with Crippen LogP contribution < -0.4 is 5.32 Å². The minimum Gasteiger partial charge on any atom is -0.444 e. The summed E-state index contributed by atoms with van der Waals surface area (Å²) >= 11 is 7.44. The van der Waals surface area contributed by atoms with E-state index in [0.717, 1.165) is 10.4 Å². The number of carbonyl (C=O) groups is 1. The molecule has 2 heterocycles. The Balaban J connectivity index is 1.86. The lowest BCUT2D eigenvalue weighted by Crippen LogP contribution is -2.27. The lowest BCUT2D eigenvalue weighted by atomic mass is 10.1. The molecule has 3 aromatic rings. The monoisotopic (exact) mass is 390 g/mol. The molecule has 1 amide bonds. The number of nitrogens with zero attached hydrogens (tertiary/aromatic N) is 1. The average molecular weight is 391 g/mol. The van der Waals surface area contributed by atoms with Crippen molar-refractivity contribution in [2.45, 2.75) is 32.8 Å². The number of nitrogens with one attached hydrogen (secondary N) is 1. The van der Waals surface area contributed by atoms with Crippen LogP contribution >= 0.6 is 22.9 Å².